The molecule has 0 saturated carbocycles. The van der Waals surface area contributed by atoms with Crippen LogP contribution in [0.25, 0.3) is 0 Å². The molecule has 0 amide bonds. The Morgan fingerprint density at radius 1 is 1.44 bits per heavy atom. The molecule has 8 heteroatoms. The maximum absolute atomic E-state index is 12.6. The lowest BCUT2D eigenvalue weighted by atomic mass is 10.1. The highest BCUT2D eigenvalue weighted by atomic mass is 35.5. The van der Waals surface area contributed by atoms with Crippen molar-refractivity contribution in [3.63, 3.8) is 0 Å². The number of nitrogens with two attached hydrogens (primary N) is 1. The number of likely N-dealkylation sites (tertiary alicyclic amines) is 1. The Labute approximate surface area is 117 Å². The Balaban J connectivity index is 0.00000144. The molecule has 1 aromatic rings. The van der Waals surface area contributed by atoms with Gasteiger partial charge in [-0.2, -0.15) is 8.78 Å². The van der Waals surface area contributed by atoms with Gasteiger partial charge in [-0.1, -0.05) is 0 Å². The third kappa shape index (κ3) is 4.05. The molecule has 2 heterocycles. The first-order valence-corrected chi connectivity index (χ1v) is 5.43. The third-order valence-corrected chi connectivity index (χ3v) is 3.03. The topological polar surface area (TPSA) is 47.1 Å². The van der Waals surface area contributed by atoms with Crippen LogP contribution in [0.5, 0.6) is 0 Å². The first-order valence-electron chi connectivity index (χ1n) is 5.43. The van der Waals surface area contributed by atoms with E-state index in [0.29, 0.717) is 24.8 Å². The highest BCUT2D eigenvalue weighted by molar-refractivity contribution is 5.85. The minimum absolute atomic E-state index is 0. The predicted molar refractivity (Wildman–Crippen MR) is 70.4 cm³/mol. The smallest absolute Gasteiger partial charge is 0.319 e. The van der Waals surface area contributed by atoms with Gasteiger partial charge in [-0.3, -0.25) is 9.47 Å². The summed E-state index contributed by atoms with van der Waals surface area (Å²) in [6.45, 7) is 0.434. The monoisotopic (exact) mass is 302 g/mol. The Hall–Kier alpha value is -0.430. The van der Waals surface area contributed by atoms with Gasteiger partial charge in [-0.25, -0.2) is 4.98 Å². The van der Waals surface area contributed by atoms with E-state index in [0.717, 1.165) is 24.1 Å². The molecule has 106 valence electrons. The van der Waals surface area contributed by atoms with Crippen LogP contribution in [-0.4, -0.2) is 34.1 Å². The zero-order chi connectivity index (χ0) is 11.5. The van der Waals surface area contributed by atoms with E-state index in [2.05, 4.69) is 9.88 Å². The van der Waals surface area contributed by atoms with Crippen molar-refractivity contribution < 1.29 is 8.78 Å². The van der Waals surface area contributed by atoms with Crippen molar-refractivity contribution in [2.24, 2.45) is 11.7 Å². The molecule has 2 rings (SSSR count). The molecular weight excluding hydrogens is 285 g/mol. The van der Waals surface area contributed by atoms with E-state index in [1.54, 1.807) is 0 Å². The number of alkyl halides is 2. The molecule has 0 aliphatic carbocycles. The van der Waals surface area contributed by atoms with Crippen LogP contribution in [0.1, 0.15) is 18.8 Å². The van der Waals surface area contributed by atoms with E-state index in [1.165, 1.54) is 12.4 Å². The number of imidazole rings is 1. The normalized spacial score (nSPS) is 19.7. The summed E-state index contributed by atoms with van der Waals surface area (Å²) in [7, 11) is 0. The average Bonchev–Trinajstić information content (AvgIpc) is 2.87. The largest absolute Gasteiger partial charge is 0.330 e. The number of aromatic nitrogens is 2. The van der Waals surface area contributed by atoms with Crippen LogP contribution in [0.3, 0.4) is 0 Å². The van der Waals surface area contributed by atoms with Crippen LogP contribution in [0.15, 0.2) is 12.4 Å². The summed E-state index contributed by atoms with van der Waals surface area (Å²) in [4.78, 5) is 6.09. The molecule has 1 aromatic heterocycles. The van der Waals surface area contributed by atoms with Gasteiger partial charge in [0, 0.05) is 18.9 Å². The van der Waals surface area contributed by atoms with E-state index in [-0.39, 0.29) is 24.8 Å². The number of halogens is 4. The molecule has 0 radical (unpaired) electrons. The van der Waals surface area contributed by atoms with Gasteiger partial charge in [0.25, 0.3) is 0 Å². The lowest BCUT2D eigenvalue weighted by Crippen LogP contribution is -2.24. The molecule has 1 atom stereocenters. The summed E-state index contributed by atoms with van der Waals surface area (Å²) in [6, 6.07) is 0. The molecule has 18 heavy (non-hydrogen) atoms. The first kappa shape index (κ1) is 17.6. The zero-order valence-corrected chi connectivity index (χ0v) is 11.5. The maximum Gasteiger partial charge on any atom is 0.319 e. The van der Waals surface area contributed by atoms with Crippen LogP contribution < -0.4 is 5.73 Å². The molecular formula is C10H18Cl2F2N4. The maximum atomic E-state index is 12.6. The fourth-order valence-electron chi connectivity index (χ4n) is 2.09. The zero-order valence-electron chi connectivity index (χ0n) is 9.84. The lowest BCUT2D eigenvalue weighted by molar-refractivity contribution is 0.0644. The van der Waals surface area contributed by atoms with E-state index >= 15 is 0 Å². The summed E-state index contributed by atoms with van der Waals surface area (Å²) >= 11 is 0. The summed E-state index contributed by atoms with van der Waals surface area (Å²) in [6.07, 6.45) is 3.78. The first-order chi connectivity index (χ1) is 7.70. The van der Waals surface area contributed by atoms with Crippen molar-refractivity contribution in [1.29, 1.82) is 0 Å². The Kier molecular flexibility index (Phi) is 7.70. The number of hydrogen-bond donors (Lipinski definition) is 1. The second kappa shape index (κ2) is 7.89. The van der Waals surface area contributed by atoms with Gasteiger partial charge in [-0.15, -0.1) is 24.8 Å². The Bertz CT molecular complexity index is 348. The van der Waals surface area contributed by atoms with Crippen molar-refractivity contribution >= 4 is 24.8 Å². The van der Waals surface area contributed by atoms with Gasteiger partial charge >= 0.3 is 6.55 Å². The third-order valence-electron chi connectivity index (χ3n) is 3.03. The van der Waals surface area contributed by atoms with Crippen molar-refractivity contribution in [3.8, 4) is 0 Å². The SMILES string of the molecule is Cl.Cl.NCC1CCN(Cc2nccn2C(F)F)C1. The number of nitrogens with zero attached hydrogens (tertiary/aromatic N) is 3. The molecule has 4 nitrogen and oxygen atoms in total. The standard InChI is InChI=1S/C10H16F2N4.2ClH/c11-10(12)16-4-2-14-9(16)7-15-3-1-8(5-13)6-15;;/h2,4,8,10H,1,3,5-7,13H2;2*1H. The van der Waals surface area contributed by atoms with E-state index in [9.17, 15) is 8.78 Å². The number of hydrogen-bond acceptors (Lipinski definition) is 3. The molecule has 0 spiro atoms. The predicted octanol–water partition coefficient (Wildman–Crippen LogP) is 1.90. The van der Waals surface area contributed by atoms with Crippen LogP contribution >= 0.6 is 24.8 Å². The molecule has 0 aromatic carbocycles. The van der Waals surface area contributed by atoms with Crippen LogP contribution in [0.4, 0.5) is 8.78 Å². The average molecular weight is 303 g/mol. The van der Waals surface area contributed by atoms with Gasteiger partial charge in [0.15, 0.2) is 0 Å². The van der Waals surface area contributed by atoms with Crippen molar-refractivity contribution in [2.75, 3.05) is 19.6 Å². The van der Waals surface area contributed by atoms with Crippen molar-refractivity contribution in [3.05, 3.63) is 18.2 Å². The molecule has 1 aliphatic rings. The van der Waals surface area contributed by atoms with Crippen molar-refractivity contribution in [2.45, 2.75) is 19.5 Å². The Morgan fingerprint density at radius 3 is 2.72 bits per heavy atom. The highest BCUT2D eigenvalue weighted by Gasteiger charge is 2.23. The fraction of sp³-hybridized carbons (Fsp3) is 0.700. The molecule has 2 N–H and O–H groups in total. The van der Waals surface area contributed by atoms with Crippen LogP contribution in [0, 0.1) is 5.92 Å². The van der Waals surface area contributed by atoms with Gasteiger partial charge in [0.05, 0.1) is 6.54 Å². The Morgan fingerprint density at radius 2 is 2.17 bits per heavy atom. The molecule has 0 bridgehead atoms. The summed E-state index contributed by atoms with van der Waals surface area (Å²) in [5.74, 6) is 0.919. The minimum atomic E-state index is -2.51. The van der Waals surface area contributed by atoms with E-state index in [1.807, 2.05) is 0 Å². The van der Waals surface area contributed by atoms with Crippen molar-refractivity contribution in [1.82, 2.24) is 14.5 Å². The minimum Gasteiger partial charge on any atom is -0.330 e. The molecule has 1 fully saturated rings. The molecule has 1 aliphatic heterocycles. The van der Waals surface area contributed by atoms with E-state index in [4.69, 9.17) is 5.73 Å². The van der Waals surface area contributed by atoms with Gasteiger partial charge < -0.3 is 5.73 Å². The second-order valence-electron chi connectivity index (χ2n) is 4.15. The lowest BCUT2D eigenvalue weighted by Gasteiger charge is -2.16. The fourth-order valence-corrected chi connectivity index (χ4v) is 2.09. The molecule has 1 unspecified atom stereocenters. The van der Waals surface area contributed by atoms with Gasteiger partial charge in [-0.05, 0) is 25.4 Å². The van der Waals surface area contributed by atoms with Gasteiger partial charge in [0.1, 0.15) is 5.82 Å². The van der Waals surface area contributed by atoms with Crippen LogP contribution in [0.2, 0.25) is 0 Å². The summed E-state index contributed by atoms with van der Waals surface area (Å²) in [5.41, 5.74) is 5.58. The second-order valence-corrected chi connectivity index (χ2v) is 4.15. The quantitative estimate of drug-likeness (QED) is 0.924. The van der Waals surface area contributed by atoms with Gasteiger partial charge in [0.2, 0.25) is 0 Å². The number of rotatable bonds is 4. The highest BCUT2D eigenvalue weighted by Crippen LogP contribution is 2.19. The summed E-state index contributed by atoms with van der Waals surface area (Å²) in [5, 5.41) is 0. The van der Waals surface area contributed by atoms with E-state index < -0.39 is 6.55 Å². The van der Waals surface area contributed by atoms with Crippen LogP contribution in [-0.2, 0) is 6.54 Å². The molecule has 1 saturated heterocycles. The summed E-state index contributed by atoms with van der Waals surface area (Å²) < 4.78 is 26.0.